The van der Waals surface area contributed by atoms with Crippen molar-refractivity contribution < 1.29 is 9.84 Å². The van der Waals surface area contributed by atoms with E-state index in [1.807, 2.05) is 43.5 Å². The van der Waals surface area contributed by atoms with Gasteiger partial charge in [0.15, 0.2) is 11.5 Å². The second kappa shape index (κ2) is 8.34. The maximum absolute atomic E-state index is 10.3. The number of nitrogens with zero attached hydrogens (tertiary/aromatic N) is 1. The van der Waals surface area contributed by atoms with Crippen molar-refractivity contribution in [3.05, 3.63) is 65.7 Å². The van der Waals surface area contributed by atoms with E-state index in [0.717, 1.165) is 16.8 Å². The molecule has 0 aliphatic heterocycles. The maximum Gasteiger partial charge on any atom is 0.161 e. The fourth-order valence-electron chi connectivity index (χ4n) is 2.58. The van der Waals surface area contributed by atoms with Crippen molar-refractivity contribution in [2.75, 3.05) is 6.61 Å². The molecule has 24 heavy (non-hydrogen) atoms. The third kappa shape index (κ3) is 4.25. The quantitative estimate of drug-likeness (QED) is 0.548. The van der Waals surface area contributed by atoms with Crippen LogP contribution in [0.4, 0.5) is 5.69 Å². The molecule has 0 unspecified atom stereocenters. The zero-order valence-corrected chi connectivity index (χ0v) is 14.6. The fourth-order valence-corrected chi connectivity index (χ4v) is 2.58. The minimum atomic E-state index is 0.177. The van der Waals surface area contributed by atoms with E-state index in [0.29, 0.717) is 24.7 Å². The maximum atomic E-state index is 10.3. The van der Waals surface area contributed by atoms with Crippen molar-refractivity contribution in [3.63, 3.8) is 0 Å². The first-order valence-electron chi connectivity index (χ1n) is 8.29. The van der Waals surface area contributed by atoms with Gasteiger partial charge in [-0.05, 0) is 48.6 Å². The Morgan fingerprint density at radius 1 is 1.25 bits per heavy atom. The topological polar surface area (TPSA) is 41.8 Å². The fraction of sp³-hybridized carbons (Fsp3) is 0.286. The lowest BCUT2D eigenvalue weighted by atomic mass is 10.0. The zero-order valence-electron chi connectivity index (χ0n) is 14.6. The highest BCUT2D eigenvalue weighted by Crippen LogP contribution is 2.32. The summed E-state index contributed by atoms with van der Waals surface area (Å²) in [5.41, 5.74) is 3.86. The molecule has 0 spiro atoms. The Kier molecular flexibility index (Phi) is 6.19. The molecule has 0 aliphatic carbocycles. The van der Waals surface area contributed by atoms with E-state index in [4.69, 9.17) is 4.74 Å². The number of para-hydroxylation sites is 1. The summed E-state index contributed by atoms with van der Waals surface area (Å²) in [6, 6.07) is 11.9. The van der Waals surface area contributed by atoms with Crippen LogP contribution in [0.2, 0.25) is 0 Å². The molecule has 0 amide bonds. The van der Waals surface area contributed by atoms with E-state index < -0.39 is 0 Å². The molecular formula is C21H25NO2. The number of hydrogen-bond donors (Lipinski definition) is 1. The summed E-state index contributed by atoms with van der Waals surface area (Å²) in [5, 5.41) is 10.3. The number of phenols is 1. The lowest BCUT2D eigenvalue weighted by Crippen LogP contribution is -1.96. The first-order valence-corrected chi connectivity index (χ1v) is 8.29. The van der Waals surface area contributed by atoms with Crippen LogP contribution in [-0.4, -0.2) is 17.9 Å². The molecule has 0 saturated carbocycles. The molecule has 0 heterocycles. The van der Waals surface area contributed by atoms with Crippen molar-refractivity contribution >= 4 is 11.9 Å². The van der Waals surface area contributed by atoms with Crippen molar-refractivity contribution in [3.8, 4) is 11.5 Å². The lowest BCUT2D eigenvalue weighted by molar-refractivity contribution is 0.317. The predicted octanol–water partition coefficient (Wildman–Crippen LogP) is 5.39. The van der Waals surface area contributed by atoms with Crippen LogP contribution >= 0.6 is 0 Å². The second-order valence-corrected chi connectivity index (χ2v) is 5.92. The van der Waals surface area contributed by atoms with Crippen LogP contribution in [0.3, 0.4) is 0 Å². The third-order valence-corrected chi connectivity index (χ3v) is 3.75. The van der Waals surface area contributed by atoms with Gasteiger partial charge >= 0.3 is 0 Å². The summed E-state index contributed by atoms with van der Waals surface area (Å²) >= 11 is 0. The molecule has 0 fully saturated rings. The highest BCUT2D eigenvalue weighted by atomic mass is 16.5. The van der Waals surface area contributed by atoms with Gasteiger partial charge in [-0.2, -0.15) is 0 Å². The van der Waals surface area contributed by atoms with Crippen molar-refractivity contribution in [2.45, 2.75) is 33.1 Å². The van der Waals surface area contributed by atoms with Gasteiger partial charge in [0.1, 0.15) is 0 Å². The molecule has 0 radical (unpaired) electrons. The summed E-state index contributed by atoms with van der Waals surface area (Å²) in [6.45, 7) is 10.4. The van der Waals surface area contributed by atoms with Crippen LogP contribution in [0.15, 0.2) is 54.0 Å². The standard InChI is InChI=1S/C21H25NO2/c1-5-9-17-12-16(13-20(21(17)23)24-6-2)14-22-19-11-8-7-10-18(19)15(3)4/h5,7-8,10-15,23H,1,6,9H2,2-4H3. The summed E-state index contributed by atoms with van der Waals surface area (Å²) in [7, 11) is 0. The number of rotatable bonds is 7. The molecule has 2 aromatic carbocycles. The Morgan fingerprint density at radius 2 is 2.00 bits per heavy atom. The van der Waals surface area contributed by atoms with Crippen molar-refractivity contribution in [2.24, 2.45) is 4.99 Å². The van der Waals surface area contributed by atoms with Gasteiger partial charge in [0, 0.05) is 11.8 Å². The van der Waals surface area contributed by atoms with Gasteiger partial charge in [0.2, 0.25) is 0 Å². The second-order valence-electron chi connectivity index (χ2n) is 5.92. The Labute approximate surface area is 144 Å². The summed E-state index contributed by atoms with van der Waals surface area (Å²) in [4.78, 5) is 4.64. The average Bonchev–Trinajstić information content (AvgIpc) is 2.57. The summed E-state index contributed by atoms with van der Waals surface area (Å²) < 4.78 is 5.53. The molecule has 0 saturated heterocycles. The van der Waals surface area contributed by atoms with Gasteiger partial charge in [0.25, 0.3) is 0 Å². The van der Waals surface area contributed by atoms with Crippen LogP contribution in [0.5, 0.6) is 11.5 Å². The average molecular weight is 323 g/mol. The van der Waals surface area contributed by atoms with Gasteiger partial charge < -0.3 is 9.84 Å². The van der Waals surface area contributed by atoms with Gasteiger partial charge in [-0.15, -0.1) is 6.58 Å². The van der Waals surface area contributed by atoms with Crippen molar-refractivity contribution in [1.82, 2.24) is 0 Å². The largest absolute Gasteiger partial charge is 0.504 e. The van der Waals surface area contributed by atoms with E-state index in [2.05, 4.69) is 31.5 Å². The number of benzene rings is 2. The van der Waals surface area contributed by atoms with Gasteiger partial charge in [-0.25, -0.2) is 0 Å². The highest BCUT2D eigenvalue weighted by Gasteiger charge is 2.10. The number of aromatic hydroxyl groups is 1. The van der Waals surface area contributed by atoms with E-state index in [-0.39, 0.29) is 5.75 Å². The van der Waals surface area contributed by atoms with Gasteiger partial charge in [0.05, 0.1) is 12.3 Å². The Morgan fingerprint density at radius 3 is 2.67 bits per heavy atom. The van der Waals surface area contributed by atoms with Crippen LogP contribution in [0.1, 0.15) is 43.4 Å². The molecule has 0 atom stereocenters. The minimum Gasteiger partial charge on any atom is -0.504 e. The van der Waals surface area contributed by atoms with Crippen LogP contribution in [-0.2, 0) is 6.42 Å². The minimum absolute atomic E-state index is 0.177. The lowest BCUT2D eigenvalue weighted by Gasteiger charge is -2.11. The first-order chi connectivity index (χ1) is 11.6. The smallest absolute Gasteiger partial charge is 0.161 e. The molecule has 2 rings (SSSR count). The van der Waals surface area contributed by atoms with E-state index in [9.17, 15) is 5.11 Å². The number of allylic oxidation sites excluding steroid dienone is 1. The SMILES string of the molecule is C=CCc1cc(C=Nc2ccccc2C(C)C)cc(OCC)c1O. The molecule has 0 aliphatic rings. The number of ether oxygens (including phenoxy) is 1. The van der Waals surface area contributed by atoms with Gasteiger partial charge in [-0.1, -0.05) is 38.1 Å². The van der Waals surface area contributed by atoms with Crippen LogP contribution in [0.25, 0.3) is 0 Å². The molecule has 3 nitrogen and oxygen atoms in total. The predicted molar refractivity (Wildman–Crippen MR) is 101 cm³/mol. The van der Waals surface area contributed by atoms with E-state index in [1.165, 1.54) is 5.56 Å². The molecule has 0 bridgehead atoms. The molecule has 3 heteroatoms. The van der Waals surface area contributed by atoms with E-state index >= 15 is 0 Å². The van der Waals surface area contributed by atoms with E-state index in [1.54, 1.807) is 6.08 Å². The van der Waals surface area contributed by atoms with Crippen molar-refractivity contribution in [1.29, 1.82) is 0 Å². The Hall–Kier alpha value is -2.55. The Bertz CT molecular complexity index is 733. The monoisotopic (exact) mass is 323 g/mol. The number of phenolic OH excluding ortho intramolecular Hbond substituents is 1. The summed E-state index contributed by atoms with van der Waals surface area (Å²) in [6.07, 6.45) is 4.16. The number of hydrogen-bond acceptors (Lipinski definition) is 3. The zero-order chi connectivity index (χ0) is 17.5. The van der Waals surface area contributed by atoms with Crippen LogP contribution in [0, 0.1) is 0 Å². The molecule has 0 aromatic heterocycles. The molecule has 1 N–H and O–H groups in total. The highest BCUT2D eigenvalue weighted by molar-refractivity contribution is 5.84. The number of aliphatic imine (C=N–C) groups is 1. The van der Waals surface area contributed by atoms with Gasteiger partial charge in [-0.3, -0.25) is 4.99 Å². The normalized spacial score (nSPS) is 11.2. The molecular weight excluding hydrogens is 298 g/mol. The summed E-state index contributed by atoms with van der Waals surface area (Å²) in [5.74, 6) is 1.07. The van der Waals surface area contributed by atoms with Crippen LogP contribution < -0.4 is 4.74 Å². The first kappa shape index (κ1) is 17.8. The molecule has 2 aromatic rings. The molecule has 126 valence electrons. The third-order valence-electron chi connectivity index (χ3n) is 3.75. The Balaban J connectivity index is 2.40.